The molecule has 2 N–H and O–H groups in total. The zero-order valence-corrected chi connectivity index (χ0v) is 15.8. The third-order valence-corrected chi connectivity index (χ3v) is 5.40. The van der Waals surface area contributed by atoms with Crippen LogP contribution in [0.25, 0.3) is 0 Å². The van der Waals surface area contributed by atoms with Gasteiger partial charge in [0, 0.05) is 17.8 Å². The van der Waals surface area contributed by atoms with Gasteiger partial charge in [0.1, 0.15) is 5.82 Å². The van der Waals surface area contributed by atoms with Crippen molar-refractivity contribution < 1.29 is 17.6 Å². The highest BCUT2D eigenvalue weighted by molar-refractivity contribution is 7.89. The molecule has 2 rings (SSSR count). The van der Waals surface area contributed by atoms with Crippen LogP contribution in [0.15, 0.2) is 47.4 Å². The third-order valence-electron chi connectivity index (χ3n) is 3.66. The predicted octanol–water partition coefficient (Wildman–Crippen LogP) is 4.20. The van der Waals surface area contributed by atoms with Gasteiger partial charge in [0.2, 0.25) is 10.0 Å². The molecule has 0 atom stereocenters. The second kappa shape index (κ2) is 9.12. The molecule has 0 aliphatic carbocycles. The molecule has 1 amide bonds. The van der Waals surface area contributed by atoms with Crippen LogP contribution < -0.4 is 10.0 Å². The van der Waals surface area contributed by atoms with Gasteiger partial charge in [-0.15, -0.1) is 0 Å². The summed E-state index contributed by atoms with van der Waals surface area (Å²) in [6.45, 7) is 2.38. The Hall–Kier alpha value is -1.96. The lowest BCUT2D eigenvalue weighted by molar-refractivity contribution is 0.102. The molecule has 0 bridgehead atoms. The summed E-state index contributed by atoms with van der Waals surface area (Å²) in [4.78, 5) is 12.3. The largest absolute Gasteiger partial charge is 0.322 e. The fraction of sp³-hybridized carbons (Fsp3) is 0.278. The molecule has 0 saturated heterocycles. The van der Waals surface area contributed by atoms with Crippen molar-refractivity contribution in [1.82, 2.24) is 4.72 Å². The summed E-state index contributed by atoms with van der Waals surface area (Å²) in [5, 5.41) is 2.44. The van der Waals surface area contributed by atoms with Crippen molar-refractivity contribution in [3.8, 4) is 0 Å². The van der Waals surface area contributed by atoms with Crippen molar-refractivity contribution >= 4 is 33.2 Å². The van der Waals surface area contributed by atoms with E-state index in [0.717, 1.165) is 25.3 Å². The number of anilines is 1. The molecule has 0 aliphatic heterocycles. The minimum Gasteiger partial charge on any atom is -0.322 e. The fourth-order valence-electron chi connectivity index (χ4n) is 2.25. The Balaban J connectivity index is 2.12. The summed E-state index contributed by atoms with van der Waals surface area (Å²) in [6, 6.07) is 9.50. The van der Waals surface area contributed by atoms with Gasteiger partial charge in [0.05, 0.1) is 9.92 Å². The van der Waals surface area contributed by atoms with Crippen molar-refractivity contribution in [3.05, 3.63) is 58.9 Å². The molecule has 5 nitrogen and oxygen atoms in total. The monoisotopic (exact) mass is 398 g/mol. The van der Waals surface area contributed by atoms with E-state index in [0.29, 0.717) is 12.2 Å². The molecular formula is C18H20ClFN2O3S. The minimum absolute atomic E-state index is 0.0128. The van der Waals surface area contributed by atoms with Gasteiger partial charge >= 0.3 is 0 Å². The topological polar surface area (TPSA) is 75.3 Å². The van der Waals surface area contributed by atoms with Gasteiger partial charge < -0.3 is 5.32 Å². The van der Waals surface area contributed by atoms with E-state index in [1.807, 2.05) is 6.92 Å². The van der Waals surface area contributed by atoms with E-state index in [4.69, 9.17) is 11.6 Å². The van der Waals surface area contributed by atoms with Gasteiger partial charge in [-0.3, -0.25) is 4.79 Å². The molecule has 0 spiro atoms. The first-order valence-electron chi connectivity index (χ1n) is 8.19. The van der Waals surface area contributed by atoms with E-state index in [-0.39, 0.29) is 15.5 Å². The summed E-state index contributed by atoms with van der Waals surface area (Å²) in [5.41, 5.74) is 0.481. The summed E-state index contributed by atoms with van der Waals surface area (Å²) >= 11 is 5.69. The van der Waals surface area contributed by atoms with Crippen LogP contribution in [0.1, 0.15) is 36.5 Å². The Morgan fingerprint density at radius 2 is 1.92 bits per heavy atom. The van der Waals surface area contributed by atoms with E-state index in [1.54, 1.807) is 0 Å². The third kappa shape index (κ3) is 5.52. The quantitative estimate of drug-likeness (QED) is 0.654. The molecule has 140 valence electrons. The Bertz CT molecular complexity index is 888. The standard InChI is InChI=1S/C18H20ClFN2O3S/c1-2-3-4-10-21-26(24,25)15-7-5-6-13(11-15)18(23)22-14-8-9-17(20)16(19)12-14/h5-9,11-12,21H,2-4,10H2,1H3,(H,22,23). The fourth-order valence-corrected chi connectivity index (χ4v) is 3.55. The van der Waals surface area contributed by atoms with Crippen LogP contribution in [0.2, 0.25) is 5.02 Å². The minimum atomic E-state index is -3.68. The number of carbonyl (C=O) groups is 1. The second-order valence-corrected chi connectivity index (χ2v) is 7.89. The lowest BCUT2D eigenvalue weighted by atomic mass is 10.2. The van der Waals surface area contributed by atoms with Crippen molar-refractivity contribution in [3.63, 3.8) is 0 Å². The molecule has 26 heavy (non-hydrogen) atoms. The maximum absolute atomic E-state index is 13.2. The molecule has 0 saturated carbocycles. The zero-order valence-electron chi connectivity index (χ0n) is 14.3. The number of hydrogen-bond donors (Lipinski definition) is 2. The van der Waals surface area contributed by atoms with E-state index in [1.165, 1.54) is 36.4 Å². The van der Waals surface area contributed by atoms with E-state index in [9.17, 15) is 17.6 Å². The number of hydrogen-bond acceptors (Lipinski definition) is 3. The van der Waals surface area contributed by atoms with Crippen LogP contribution in [0.4, 0.5) is 10.1 Å². The Morgan fingerprint density at radius 3 is 2.62 bits per heavy atom. The number of unbranched alkanes of at least 4 members (excludes halogenated alkanes) is 2. The van der Waals surface area contributed by atoms with Crippen LogP contribution in [0.5, 0.6) is 0 Å². The van der Waals surface area contributed by atoms with Crippen LogP contribution in [0.3, 0.4) is 0 Å². The summed E-state index contributed by atoms with van der Waals surface area (Å²) in [6.07, 6.45) is 2.68. The van der Waals surface area contributed by atoms with Crippen molar-refractivity contribution in [2.24, 2.45) is 0 Å². The maximum atomic E-state index is 13.2. The average molecular weight is 399 g/mol. The van der Waals surface area contributed by atoms with Gasteiger partial charge in [-0.1, -0.05) is 37.4 Å². The zero-order chi connectivity index (χ0) is 19.2. The van der Waals surface area contributed by atoms with E-state index < -0.39 is 21.7 Å². The van der Waals surface area contributed by atoms with E-state index in [2.05, 4.69) is 10.0 Å². The number of benzene rings is 2. The van der Waals surface area contributed by atoms with Gasteiger partial charge in [-0.2, -0.15) is 0 Å². The van der Waals surface area contributed by atoms with Gasteiger partial charge in [-0.05, 0) is 42.8 Å². The van der Waals surface area contributed by atoms with Crippen molar-refractivity contribution in [2.45, 2.75) is 31.1 Å². The normalized spacial score (nSPS) is 11.3. The molecule has 0 aliphatic rings. The number of rotatable bonds is 8. The number of nitrogens with one attached hydrogen (secondary N) is 2. The van der Waals surface area contributed by atoms with Crippen molar-refractivity contribution in [2.75, 3.05) is 11.9 Å². The molecule has 2 aromatic rings. The predicted molar refractivity (Wildman–Crippen MR) is 101 cm³/mol. The number of sulfonamides is 1. The second-order valence-electron chi connectivity index (χ2n) is 5.72. The Morgan fingerprint density at radius 1 is 1.15 bits per heavy atom. The molecular weight excluding hydrogens is 379 g/mol. The molecule has 0 heterocycles. The Kier molecular flexibility index (Phi) is 7.14. The summed E-state index contributed by atoms with van der Waals surface area (Å²) < 4.78 is 40.3. The van der Waals surface area contributed by atoms with Gasteiger partial charge in [0.15, 0.2) is 0 Å². The average Bonchev–Trinajstić information content (AvgIpc) is 2.62. The number of carbonyl (C=O) groups excluding carboxylic acids is 1. The SMILES string of the molecule is CCCCCNS(=O)(=O)c1cccc(C(=O)Nc2ccc(F)c(Cl)c2)c1. The summed E-state index contributed by atoms with van der Waals surface area (Å²) in [5.74, 6) is -1.11. The van der Waals surface area contributed by atoms with Crippen LogP contribution in [-0.2, 0) is 10.0 Å². The van der Waals surface area contributed by atoms with Crippen molar-refractivity contribution in [1.29, 1.82) is 0 Å². The number of amides is 1. The highest BCUT2D eigenvalue weighted by Gasteiger charge is 2.16. The highest BCUT2D eigenvalue weighted by atomic mass is 35.5. The first kappa shape index (κ1) is 20.4. The molecule has 2 aromatic carbocycles. The molecule has 0 fully saturated rings. The molecule has 8 heteroatoms. The molecule has 0 radical (unpaired) electrons. The van der Waals surface area contributed by atoms with E-state index >= 15 is 0 Å². The lowest BCUT2D eigenvalue weighted by Crippen LogP contribution is -2.25. The smallest absolute Gasteiger partial charge is 0.255 e. The van der Waals surface area contributed by atoms with Crippen LogP contribution in [-0.4, -0.2) is 20.9 Å². The Labute approximate surface area is 157 Å². The molecule has 0 aromatic heterocycles. The van der Waals surface area contributed by atoms with Gasteiger partial charge in [-0.25, -0.2) is 17.5 Å². The van der Waals surface area contributed by atoms with Crippen LogP contribution in [0, 0.1) is 5.82 Å². The lowest BCUT2D eigenvalue weighted by Gasteiger charge is -2.09. The first-order valence-corrected chi connectivity index (χ1v) is 10.1. The van der Waals surface area contributed by atoms with Crippen LogP contribution >= 0.6 is 11.6 Å². The first-order chi connectivity index (χ1) is 12.3. The maximum Gasteiger partial charge on any atom is 0.255 e. The number of halogens is 2. The summed E-state index contributed by atoms with van der Waals surface area (Å²) in [7, 11) is -3.68. The van der Waals surface area contributed by atoms with Gasteiger partial charge in [0.25, 0.3) is 5.91 Å². The highest BCUT2D eigenvalue weighted by Crippen LogP contribution is 2.20. The molecule has 0 unspecified atom stereocenters.